The third kappa shape index (κ3) is 10.5. The highest BCUT2D eigenvalue weighted by molar-refractivity contribution is 6.39. The molecule has 1 aromatic heterocycles. The van der Waals surface area contributed by atoms with Gasteiger partial charge in [0.05, 0.1) is 11.2 Å². The molecule has 12 nitrogen and oxygen atoms in total. The van der Waals surface area contributed by atoms with Crippen molar-refractivity contribution in [2.75, 3.05) is 35.6 Å². The van der Waals surface area contributed by atoms with Crippen molar-refractivity contribution in [3.63, 3.8) is 0 Å². The molecule has 0 spiro atoms. The number of halogens is 6. The van der Waals surface area contributed by atoms with Gasteiger partial charge in [0.2, 0.25) is 11.9 Å². The van der Waals surface area contributed by atoms with Crippen LogP contribution in [0.2, 0.25) is 5.02 Å². The summed E-state index contributed by atoms with van der Waals surface area (Å²) in [4.78, 5) is 49.6. The van der Waals surface area contributed by atoms with E-state index in [9.17, 15) is 36.3 Å². The first-order valence-electron chi connectivity index (χ1n) is 15.7. The molecule has 1 aliphatic carbocycles. The summed E-state index contributed by atoms with van der Waals surface area (Å²) < 4.78 is 70.5. The van der Waals surface area contributed by atoms with E-state index in [1.807, 2.05) is 12.1 Å². The number of nitrogens with zero attached hydrogens (tertiary/aromatic N) is 3. The summed E-state index contributed by atoms with van der Waals surface area (Å²) in [5, 5.41) is 13.9. The van der Waals surface area contributed by atoms with Crippen LogP contribution in [0.4, 0.5) is 45.2 Å². The molecule has 3 aromatic carbocycles. The Kier molecular flexibility index (Phi) is 11.1. The number of alkyl halides is 3. The zero-order valence-corrected chi connectivity index (χ0v) is 28.4. The highest BCUT2D eigenvalue weighted by Gasteiger charge is 2.45. The van der Waals surface area contributed by atoms with Gasteiger partial charge in [-0.25, -0.2) is 8.78 Å². The van der Waals surface area contributed by atoms with Gasteiger partial charge in [-0.1, -0.05) is 37.6 Å². The highest BCUT2D eigenvalue weighted by Crippen LogP contribution is 2.48. The van der Waals surface area contributed by atoms with Crippen LogP contribution in [0.3, 0.4) is 0 Å². The van der Waals surface area contributed by atoms with Crippen molar-refractivity contribution in [1.29, 1.82) is 0 Å². The topological polar surface area (TPSA) is 159 Å². The molecular formula is C34H32ClF5N8O4. The number of anilines is 4. The Morgan fingerprint density at radius 2 is 1.50 bits per heavy atom. The van der Waals surface area contributed by atoms with E-state index in [1.165, 1.54) is 24.3 Å². The van der Waals surface area contributed by atoms with Crippen molar-refractivity contribution in [1.82, 2.24) is 25.6 Å². The van der Waals surface area contributed by atoms with Gasteiger partial charge in [0.15, 0.2) is 6.61 Å². The summed E-state index contributed by atoms with van der Waals surface area (Å²) in [6, 6.07) is 15.1. The first-order valence-corrected chi connectivity index (χ1v) is 16.1. The minimum atomic E-state index is -4.63. The van der Waals surface area contributed by atoms with Crippen LogP contribution >= 0.6 is 11.6 Å². The van der Waals surface area contributed by atoms with Crippen molar-refractivity contribution in [3.05, 3.63) is 94.5 Å². The van der Waals surface area contributed by atoms with Crippen LogP contribution in [0.15, 0.2) is 66.7 Å². The SMILES string of the molecule is CC(C)(CNC(=O)C(=O)Nc1ccc(F)cc1F)CNC(=O)c1ccc(Nc2nc(NC3(c4ccc(Cl)cc4)CC3)nc(OCC(F)(F)F)n2)cc1. The average molecular weight is 747 g/mol. The second kappa shape index (κ2) is 15.3. The van der Waals surface area contributed by atoms with E-state index in [4.69, 9.17) is 16.3 Å². The summed E-state index contributed by atoms with van der Waals surface area (Å²) in [6.07, 6.45) is -3.19. The monoisotopic (exact) mass is 746 g/mol. The van der Waals surface area contributed by atoms with Crippen molar-refractivity contribution in [3.8, 4) is 6.01 Å². The molecule has 52 heavy (non-hydrogen) atoms. The maximum atomic E-state index is 13.8. The van der Waals surface area contributed by atoms with Gasteiger partial charge in [0.25, 0.3) is 5.91 Å². The summed E-state index contributed by atoms with van der Waals surface area (Å²) in [5.41, 5.74) is -0.0682. The largest absolute Gasteiger partial charge is 0.454 e. The van der Waals surface area contributed by atoms with E-state index in [0.29, 0.717) is 16.8 Å². The van der Waals surface area contributed by atoms with Gasteiger partial charge in [-0.3, -0.25) is 14.4 Å². The lowest BCUT2D eigenvalue weighted by Crippen LogP contribution is -2.45. The number of ether oxygens (including phenoxy) is 1. The van der Waals surface area contributed by atoms with Crippen LogP contribution in [0.25, 0.3) is 0 Å². The van der Waals surface area contributed by atoms with Gasteiger partial charge < -0.3 is 31.3 Å². The van der Waals surface area contributed by atoms with Crippen LogP contribution in [-0.4, -0.2) is 58.5 Å². The number of nitrogens with one attached hydrogen (secondary N) is 5. The smallest absolute Gasteiger partial charge is 0.422 e. The first kappa shape index (κ1) is 37.7. The number of rotatable bonds is 13. The standard InChI is InChI=1S/C34H32ClF5N8O4/c1-32(2,17-42-27(50)28(51)44-25-12-9-22(36)15-24(25)37)16-41-26(49)19-3-10-23(11-4-19)43-29-45-30(47-31(46-29)52-18-34(38,39)40)48-33(13-14-33)20-5-7-21(35)8-6-20/h3-12,15H,13-14,16-18H2,1-2H3,(H,41,49)(H,42,50)(H,44,51)(H2,43,45,46,47,48). The van der Waals surface area contributed by atoms with E-state index in [0.717, 1.165) is 30.5 Å². The zero-order chi connectivity index (χ0) is 37.7. The molecule has 3 amide bonds. The Balaban J connectivity index is 1.17. The molecule has 0 radical (unpaired) electrons. The lowest BCUT2D eigenvalue weighted by atomic mass is 9.93. The average Bonchev–Trinajstić information content (AvgIpc) is 3.87. The molecule has 1 aliphatic rings. The number of hydrogen-bond acceptors (Lipinski definition) is 9. The quantitative estimate of drug-likeness (QED) is 0.0805. The van der Waals surface area contributed by atoms with Crippen LogP contribution < -0.4 is 31.3 Å². The van der Waals surface area contributed by atoms with Gasteiger partial charge in [0.1, 0.15) is 11.6 Å². The minimum absolute atomic E-state index is 0.0145. The Morgan fingerprint density at radius 3 is 2.13 bits per heavy atom. The Morgan fingerprint density at radius 1 is 0.846 bits per heavy atom. The third-order valence-corrected chi connectivity index (χ3v) is 7.97. The van der Waals surface area contributed by atoms with Crippen LogP contribution in [-0.2, 0) is 15.1 Å². The Labute approximate surface area is 298 Å². The summed E-state index contributed by atoms with van der Waals surface area (Å²) >= 11 is 6.02. The van der Waals surface area contributed by atoms with Gasteiger partial charge in [-0.05, 0) is 72.4 Å². The number of amides is 3. The molecule has 0 atom stereocenters. The van der Waals surface area contributed by atoms with E-state index in [1.54, 1.807) is 26.0 Å². The molecule has 1 fully saturated rings. The number of benzene rings is 3. The second-order valence-electron chi connectivity index (χ2n) is 12.7. The Bertz CT molecular complexity index is 1940. The lowest BCUT2D eigenvalue weighted by molar-refractivity contribution is -0.154. The zero-order valence-electron chi connectivity index (χ0n) is 27.6. The second-order valence-corrected chi connectivity index (χ2v) is 13.1. The molecule has 0 aliphatic heterocycles. The van der Waals surface area contributed by atoms with Gasteiger partial charge in [0, 0.05) is 35.4 Å². The summed E-state index contributed by atoms with van der Waals surface area (Å²) in [7, 11) is 0. The number of carbonyl (C=O) groups is 3. The molecule has 5 rings (SSSR count). The normalized spacial score (nSPS) is 13.5. The molecule has 5 N–H and O–H groups in total. The molecule has 0 unspecified atom stereocenters. The first-order chi connectivity index (χ1) is 24.5. The van der Waals surface area contributed by atoms with Crippen molar-refractivity contribution in [2.24, 2.45) is 5.41 Å². The molecule has 0 saturated heterocycles. The van der Waals surface area contributed by atoms with Gasteiger partial charge >= 0.3 is 24.0 Å². The van der Waals surface area contributed by atoms with Crippen LogP contribution in [0, 0.1) is 17.0 Å². The number of hydrogen-bond donors (Lipinski definition) is 5. The highest BCUT2D eigenvalue weighted by atomic mass is 35.5. The number of carbonyl (C=O) groups excluding carboxylic acids is 3. The molecular weight excluding hydrogens is 715 g/mol. The van der Waals surface area contributed by atoms with E-state index in [2.05, 4.69) is 41.5 Å². The van der Waals surface area contributed by atoms with Gasteiger partial charge in [-0.2, -0.15) is 28.1 Å². The Hall–Kier alpha value is -5.58. The fourth-order valence-electron chi connectivity index (χ4n) is 4.76. The maximum Gasteiger partial charge on any atom is 0.422 e. The number of aromatic nitrogens is 3. The molecule has 1 heterocycles. The molecule has 0 bridgehead atoms. The van der Waals surface area contributed by atoms with Crippen molar-refractivity contribution >= 4 is 52.6 Å². The maximum absolute atomic E-state index is 13.8. The van der Waals surface area contributed by atoms with Crippen molar-refractivity contribution < 1.29 is 41.1 Å². The molecule has 274 valence electrons. The van der Waals surface area contributed by atoms with E-state index < -0.39 is 59.1 Å². The lowest BCUT2D eigenvalue weighted by Gasteiger charge is -2.25. The predicted molar refractivity (Wildman–Crippen MR) is 181 cm³/mol. The van der Waals surface area contributed by atoms with Crippen molar-refractivity contribution in [2.45, 2.75) is 38.4 Å². The minimum Gasteiger partial charge on any atom is -0.454 e. The molecule has 1 saturated carbocycles. The molecule has 4 aromatic rings. The summed E-state index contributed by atoms with van der Waals surface area (Å²) in [5.74, 6) is -4.68. The fourth-order valence-corrected chi connectivity index (χ4v) is 4.89. The fraction of sp³-hybridized carbons (Fsp3) is 0.294. The third-order valence-electron chi connectivity index (χ3n) is 7.72. The molecule has 18 heteroatoms. The predicted octanol–water partition coefficient (Wildman–Crippen LogP) is 6.10. The van der Waals surface area contributed by atoms with Crippen LogP contribution in [0.5, 0.6) is 6.01 Å². The van der Waals surface area contributed by atoms with Crippen LogP contribution in [0.1, 0.15) is 42.6 Å². The summed E-state index contributed by atoms with van der Waals surface area (Å²) in [6.45, 7) is 1.89. The van der Waals surface area contributed by atoms with E-state index in [-0.39, 0.29) is 36.2 Å². The van der Waals surface area contributed by atoms with Gasteiger partial charge in [-0.15, -0.1) is 0 Å². The van der Waals surface area contributed by atoms with E-state index >= 15 is 0 Å².